The van der Waals surface area contributed by atoms with Gasteiger partial charge in [0.25, 0.3) is 0 Å². The maximum absolute atomic E-state index is 12.3. The zero-order valence-corrected chi connectivity index (χ0v) is 19.9. The molecule has 3 fully saturated rings. The highest BCUT2D eigenvalue weighted by Crippen LogP contribution is 2.70. The van der Waals surface area contributed by atoms with E-state index in [-0.39, 0.29) is 10.8 Å². The van der Waals surface area contributed by atoms with Crippen molar-refractivity contribution in [3.63, 3.8) is 0 Å². The smallest absolute Gasteiger partial charge is 0.155 e. The highest BCUT2D eigenvalue weighted by molar-refractivity contribution is 5.91. The van der Waals surface area contributed by atoms with Gasteiger partial charge in [-0.15, -0.1) is 5.92 Å². The van der Waals surface area contributed by atoms with E-state index in [0.29, 0.717) is 35.9 Å². The second-order valence-electron chi connectivity index (χ2n) is 11.2. The molecule has 170 valence electrons. The normalized spacial score (nSPS) is 42.7. The largest absolute Gasteiger partial charge is 0.497 e. The quantitative estimate of drug-likeness (QED) is 0.612. The standard InChI is InChI=1S/C29H36O3/c1-5-14-29(31)16-13-25-23-11-8-20-17-21(30)12-15-27(20,2)26(23)24(18-28(25,29)3)19-6-9-22(32-4)10-7-19/h6-7,9-10,17,23-26,31H,8,11-13,15-16,18H2,1-4H3/t23-,24+,25-,26?,27-,28-,29-/m0/s1. The molecule has 0 heterocycles. The Morgan fingerprint density at radius 3 is 2.53 bits per heavy atom. The van der Waals surface area contributed by atoms with Gasteiger partial charge in [0.2, 0.25) is 0 Å². The third-order valence-corrected chi connectivity index (χ3v) is 9.95. The first-order valence-electron chi connectivity index (χ1n) is 12.3. The molecule has 0 amide bonds. The van der Waals surface area contributed by atoms with E-state index in [9.17, 15) is 9.90 Å². The first kappa shape index (κ1) is 21.8. The van der Waals surface area contributed by atoms with E-state index < -0.39 is 5.60 Å². The summed E-state index contributed by atoms with van der Waals surface area (Å²) in [6.07, 6.45) is 8.47. The van der Waals surface area contributed by atoms with Gasteiger partial charge in [0.1, 0.15) is 11.4 Å². The summed E-state index contributed by atoms with van der Waals surface area (Å²) >= 11 is 0. The third kappa shape index (κ3) is 2.95. The molecule has 0 aliphatic heterocycles. The maximum Gasteiger partial charge on any atom is 0.155 e. The summed E-state index contributed by atoms with van der Waals surface area (Å²) in [5, 5.41) is 11.8. The summed E-state index contributed by atoms with van der Waals surface area (Å²) in [6, 6.07) is 8.58. The monoisotopic (exact) mass is 432 g/mol. The Morgan fingerprint density at radius 2 is 1.84 bits per heavy atom. The summed E-state index contributed by atoms with van der Waals surface area (Å²) < 4.78 is 5.43. The van der Waals surface area contributed by atoms with Crippen LogP contribution in [-0.4, -0.2) is 23.6 Å². The number of fused-ring (bicyclic) bond motifs is 5. The van der Waals surface area contributed by atoms with E-state index in [1.54, 1.807) is 7.11 Å². The van der Waals surface area contributed by atoms with Gasteiger partial charge in [-0.1, -0.05) is 37.5 Å². The van der Waals surface area contributed by atoms with E-state index in [4.69, 9.17) is 4.74 Å². The van der Waals surface area contributed by atoms with Crippen molar-refractivity contribution in [2.45, 2.75) is 77.2 Å². The van der Waals surface area contributed by atoms with Crippen LogP contribution >= 0.6 is 0 Å². The van der Waals surface area contributed by atoms with E-state index in [1.165, 1.54) is 11.1 Å². The van der Waals surface area contributed by atoms with Crippen molar-refractivity contribution in [3.8, 4) is 17.6 Å². The molecule has 1 unspecified atom stereocenters. The van der Waals surface area contributed by atoms with Crippen LogP contribution in [0.15, 0.2) is 35.9 Å². The lowest BCUT2D eigenvalue weighted by atomic mass is 9.43. The fourth-order valence-corrected chi connectivity index (χ4v) is 8.34. The number of ketones is 1. The van der Waals surface area contributed by atoms with Crippen LogP contribution in [0.2, 0.25) is 0 Å². The van der Waals surface area contributed by atoms with Crippen molar-refractivity contribution in [3.05, 3.63) is 41.5 Å². The highest BCUT2D eigenvalue weighted by Gasteiger charge is 2.66. The van der Waals surface area contributed by atoms with Gasteiger partial charge in [0.15, 0.2) is 5.78 Å². The summed E-state index contributed by atoms with van der Waals surface area (Å²) in [5.74, 6) is 9.30. The second kappa shape index (κ2) is 7.49. The number of benzene rings is 1. The van der Waals surface area contributed by atoms with Crippen molar-refractivity contribution >= 4 is 5.78 Å². The van der Waals surface area contributed by atoms with Crippen molar-refractivity contribution in [2.24, 2.45) is 28.6 Å². The molecule has 4 aliphatic rings. The van der Waals surface area contributed by atoms with E-state index in [1.807, 2.05) is 13.0 Å². The number of aliphatic hydroxyl groups is 1. The summed E-state index contributed by atoms with van der Waals surface area (Å²) in [6.45, 7) is 6.58. The molecule has 0 aromatic heterocycles. The molecule has 0 radical (unpaired) electrons. The molecule has 5 rings (SSSR count). The molecule has 1 N–H and O–H groups in total. The molecule has 1 aromatic rings. The van der Waals surface area contributed by atoms with Gasteiger partial charge < -0.3 is 9.84 Å². The average molecular weight is 433 g/mol. The lowest BCUT2D eigenvalue weighted by molar-refractivity contribution is -0.122. The molecule has 0 spiro atoms. The Kier molecular flexibility index (Phi) is 5.10. The molecule has 3 saturated carbocycles. The van der Waals surface area contributed by atoms with Crippen LogP contribution in [-0.2, 0) is 4.79 Å². The van der Waals surface area contributed by atoms with Gasteiger partial charge >= 0.3 is 0 Å². The Balaban J connectivity index is 1.65. The summed E-state index contributed by atoms with van der Waals surface area (Å²) in [7, 11) is 1.71. The van der Waals surface area contributed by atoms with E-state index in [0.717, 1.165) is 44.3 Å². The number of allylic oxidation sites excluding steroid dienone is 1. The van der Waals surface area contributed by atoms with Crippen LogP contribution in [0, 0.1) is 40.4 Å². The molecule has 0 bridgehead atoms. The van der Waals surface area contributed by atoms with E-state index >= 15 is 0 Å². The predicted molar refractivity (Wildman–Crippen MR) is 126 cm³/mol. The van der Waals surface area contributed by atoms with Gasteiger partial charge in [0.05, 0.1) is 7.11 Å². The fraction of sp³-hybridized carbons (Fsp3) is 0.621. The molecule has 0 saturated heterocycles. The Bertz CT molecular complexity index is 1010. The minimum Gasteiger partial charge on any atom is -0.497 e. The lowest BCUT2D eigenvalue weighted by Crippen LogP contribution is -2.57. The van der Waals surface area contributed by atoms with Crippen LogP contribution < -0.4 is 4.74 Å². The van der Waals surface area contributed by atoms with Gasteiger partial charge in [-0.3, -0.25) is 4.79 Å². The van der Waals surface area contributed by atoms with Crippen LogP contribution in [0.4, 0.5) is 0 Å². The zero-order valence-electron chi connectivity index (χ0n) is 19.9. The SMILES string of the molecule is CC#C[C@]1(O)CC[C@H]2[C@@H]3CCC4=CC(=O)CC[C@]4(C)C3[C@@H](c3ccc(OC)cc3)C[C@@]21C. The van der Waals surface area contributed by atoms with Gasteiger partial charge in [-0.25, -0.2) is 0 Å². The first-order valence-corrected chi connectivity index (χ1v) is 12.3. The van der Waals surface area contributed by atoms with Gasteiger partial charge in [-0.05, 0) is 98.3 Å². The van der Waals surface area contributed by atoms with Crippen LogP contribution in [0.5, 0.6) is 5.75 Å². The average Bonchev–Trinajstić information content (AvgIpc) is 3.04. The number of hydrogen-bond donors (Lipinski definition) is 1. The van der Waals surface area contributed by atoms with Crippen molar-refractivity contribution < 1.29 is 14.6 Å². The molecular weight excluding hydrogens is 396 g/mol. The third-order valence-electron chi connectivity index (χ3n) is 9.95. The fourth-order valence-electron chi connectivity index (χ4n) is 8.34. The predicted octanol–water partition coefficient (Wildman–Crippen LogP) is 5.68. The minimum atomic E-state index is -0.915. The Hall–Kier alpha value is -2.05. The molecule has 7 atom stereocenters. The topological polar surface area (TPSA) is 46.5 Å². The summed E-state index contributed by atoms with van der Waals surface area (Å²) in [4.78, 5) is 12.3. The van der Waals surface area contributed by atoms with E-state index in [2.05, 4.69) is 50.0 Å². The first-order chi connectivity index (χ1) is 15.3. The highest BCUT2D eigenvalue weighted by atomic mass is 16.5. The summed E-state index contributed by atoms with van der Waals surface area (Å²) in [5.41, 5.74) is 1.63. The molecular formula is C29H36O3. The van der Waals surface area contributed by atoms with Gasteiger partial charge in [0, 0.05) is 11.8 Å². The Labute approximate surface area is 192 Å². The maximum atomic E-state index is 12.3. The van der Waals surface area contributed by atoms with Crippen molar-refractivity contribution in [1.82, 2.24) is 0 Å². The van der Waals surface area contributed by atoms with Crippen LogP contribution in [0.1, 0.15) is 77.2 Å². The molecule has 32 heavy (non-hydrogen) atoms. The molecule has 1 aromatic carbocycles. The van der Waals surface area contributed by atoms with Gasteiger partial charge in [-0.2, -0.15) is 0 Å². The Morgan fingerprint density at radius 1 is 1.09 bits per heavy atom. The number of carbonyl (C=O) groups excluding carboxylic acids is 1. The number of ether oxygens (including phenoxy) is 1. The lowest BCUT2D eigenvalue weighted by Gasteiger charge is -2.61. The molecule has 4 aliphatic carbocycles. The van der Waals surface area contributed by atoms with Crippen LogP contribution in [0.25, 0.3) is 0 Å². The number of hydrogen-bond acceptors (Lipinski definition) is 3. The van der Waals surface area contributed by atoms with Crippen molar-refractivity contribution in [1.29, 1.82) is 0 Å². The molecule has 3 nitrogen and oxygen atoms in total. The number of rotatable bonds is 2. The number of carbonyl (C=O) groups is 1. The zero-order chi connectivity index (χ0) is 22.7. The van der Waals surface area contributed by atoms with Crippen LogP contribution in [0.3, 0.4) is 0 Å². The van der Waals surface area contributed by atoms with Crippen molar-refractivity contribution in [2.75, 3.05) is 7.11 Å². The number of methoxy groups -OCH3 is 1. The minimum absolute atomic E-state index is 0.0554. The molecule has 3 heteroatoms. The second-order valence-corrected chi connectivity index (χ2v) is 11.2.